The molecule has 0 spiro atoms. The molecule has 2 heterocycles. The van der Waals surface area contributed by atoms with Gasteiger partial charge in [-0.25, -0.2) is 0 Å². The molecule has 0 aromatic heterocycles. The van der Waals surface area contributed by atoms with Gasteiger partial charge >= 0.3 is 0 Å². The molecule has 2 amide bonds. The van der Waals surface area contributed by atoms with Gasteiger partial charge in [-0.2, -0.15) is 0 Å². The number of hydrogen-bond acceptors (Lipinski definition) is 4. The Kier molecular flexibility index (Phi) is 5.11. The number of nitrogens with one attached hydrogen (secondary N) is 1. The van der Waals surface area contributed by atoms with Crippen LogP contribution in [0.1, 0.15) is 0 Å². The smallest absolute Gasteiger partial charge is 0.245 e. The maximum absolute atomic E-state index is 12.4. The van der Waals surface area contributed by atoms with E-state index >= 15 is 0 Å². The Balaban J connectivity index is 1.54. The number of phenolic OH excluding ortho intramolecular Hbond substituents is 1. The number of nitrogens with zero attached hydrogens (tertiary/aromatic N) is 2. The molecule has 2 aliphatic heterocycles. The van der Waals surface area contributed by atoms with Crippen molar-refractivity contribution in [1.29, 1.82) is 0 Å². The van der Waals surface area contributed by atoms with Crippen molar-refractivity contribution in [3.05, 3.63) is 34.8 Å². The quantitative estimate of drug-likeness (QED) is 0.617. The molecule has 3 rings (SSSR count). The first-order valence-corrected chi connectivity index (χ1v) is 8.75. The first kappa shape index (κ1) is 17.9. The maximum Gasteiger partial charge on any atom is 0.245 e. The topological polar surface area (TPSA) is 72.9 Å². The van der Waals surface area contributed by atoms with E-state index < -0.39 is 0 Å². The molecule has 0 aliphatic carbocycles. The molecule has 0 bridgehead atoms. The predicted molar refractivity (Wildman–Crippen MR) is 97.0 cm³/mol. The van der Waals surface area contributed by atoms with Gasteiger partial charge < -0.3 is 20.2 Å². The summed E-state index contributed by atoms with van der Waals surface area (Å²) in [5.41, 5.74) is 0.366. The van der Waals surface area contributed by atoms with Gasteiger partial charge in [0.25, 0.3) is 0 Å². The molecule has 2 aliphatic rings. The SMILES string of the molecule is C=CC(=O)N1CC2CN(C(=O)CNc3cc(Cl)c(Cl)cc3O)CC2C1. The summed E-state index contributed by atoms with van der Waals surface area (Å²) in [6.07, 6.45) is 1.33. The Morgan fingerprint density at radius 1 is 1.16 bits per heavy atom. The molecule has 25 heavy (non-hydrogen) atoms. The third-order valence-electron chi connectivity index (χ3n) is 4.79. The van der Waals surface area contributed by atoms with Gasteiger partial charge in [0, 0.05) is 44.1 Å². The average Bonchev–Trinajstić information content (AvgIpc) is 3.14. The fraction of sp³-hybridized carbons (Fsp3) is 0.412. The van der Waals surface area contributed by atoms with E-state index in [4.69, 9.17) is 23.2 Å². The zero-order chi connectivity index (χ0) is 18.1. The van der Waals surface area contributed by atoms with Crippen molar-refractivity contribution in [2.45, 2.75) is 0 Å². The first-order chi connectivity index (χ1) is 11.9. The largest absolute Gasteiger partial charge is 0.506 e. The molecule has 8 heteroatoms. The van der Waals surface area contributed by atoms with Gasteiger partial charge in [-0.15, -0.1) is 0 Å². The highest BCUT2D eigenvalue weighted by Gasteiger charge is 2.42. The van der Waals surface area contributed by atoms with Crippen LogP contribution in [-0.4, -0.2) is 59.4 Å². The second kappa shape index (κ2) is 7.14. The van der Waals surface area contributed by atoms with Crippen LogP contribution in [0.4, 0.5) is 5.69 Å². The van der Waals surface area contributed by atoms with E-state index in [1.54, 1.807) is 9.80 Å². The lowest BCUT2D eigenvalue weighted by molar-refractivity contribution is -0.128. The Hall–Kier alpha value is -1.92. The summed E-state index contributed by atoms with van der Waals surface area (Å²) >= 11 is 11.7. The molecule has 0 radical (unpaired) electrons. The predicted octanol–water partition coefficient (Wildman–Crippen LogP) is 2.21. The zero-order valence-electron chi connectivity index (χ0n) is 13.5. The molecular weight excluding hydrogens is 365 g/mol. The van der Waals surface area contributed by atoms with Gasteiger partial charge in [0.15, 0.2) is 0 Å². The van der Waals surface area contributed by atoms with E-state index in [0.29, 0.717) is 48.7 Å². The fourth-order valence-electron chi connectivity index (χ4n) is 3.47. The van der Waals surface area contributed by atoms with Crippen LogP contribution in [0.15, 0.2) is 24.8 Å². The molecule has 2 N–H and O–H groups in total. The molecule has 6 nitrogen and oxygen atoms in total. The van der Waals surface area contributed by atoms with Crippen LogP contribution in [0.25, 0.3) is 0 Å². The molecule has 134 valence electrons. The Morgan fingerprint density at radius 2 is 1.72 bits per heavy atom. The van der Waals surface area contributed by atoms with E-state index in [-0.39, 0.29) is 29.1 Å². The number of phenols is 1. The van der Waals surface area contributed by atoms with E-state index in [1.165, 1.54) is 18.2 Å². The number of hydrogen-bond donors (Lipinski definition) is 2. The molecule has 2 fully saturated rings. The van der Waals surface area contributed by atoms with Gasteiger partial charge in [-0.3, -0.25) is 9.59 Å². The first-order valence-electron chi connectivity index (χ1n) is 8.00. The lowest BCUT2D eigenvalue weighted by Crippen LogP contribution is -2.37. The van der Waals surface area contributed by atoms with Crippen LogP contribution in [0.2, 0.25) is 10.0 Å². The summed E-state index contributed by atoms with van der Waals surface area (Å²) in [4.78, 5) is 27.7. The fourth-order valence-corrected chi connectivity index (χ4v) is 3.79. The van der Waals surface area contributed by atoms with Crippen LogP contribution >= 0.6 is 23.2 Å². The zero-order valence-corrected chi connectivity index (χ0v) is 15.1. The summed E-state index contributed by atoms with van der Waals surface area (Å²) in [6.45, 7) is 6.18. The highest BCUT2D eigenvalue weighted by molar-refractivity contribution is 6.42. The number of rotatable bonds is 4. The summed E-state index contributed by atoms with van der Waals surface area (Å²) in [5.74, 6) is 0.460. The number of carbonyl (C=O) groups excluding carboxylic acids is 2. The number of carbonyl (C=O) groups is 2. The van der Waals surface area contributed by atoms with Crippen molar-refractivity contribution in [3.8, 4) is 5.75 Å². The molecular formula is C17H19Cl2N3O3. The van der Waals surface area contributed by atoms with Crippen molar-refractivity contribution in [1.82, 2.24) is 9.80 Å². The van der Waals surface area contributed by atoms with Crippen molar-refractivity contribution in [2.24, 2.45) is 11.8 Å². The number of anilines is 1. The number of likely N-dealkylation sites (tertiary alicyclic amines) is 2. The van der Waals surface area contributed by atoms with Crippen LogP contribution in [0, 0.1) is 11.8 Å². The van der Waals surface area contributed by atoms with Crippen molar-refractivity contribution >= 4 is 40.7 Å². The van der Waals surface area contributed by atoms with E-state index in [9.17, 15) is 14.7 Å². The maximum atomic E-state index is 12.4. The van der Waals surface area contributed by atoms with Gasteiger partial charge in [-0.1, -0.05) is 29.8 Å². The average molecular weight is 384 g/mol. The van der Waals surface area contributed by atoms with Gasteiger partial charge in [-0.05, 0) is 12.1 Å². The second-order valence-electron chi connectivity index (χ2n) is 6.40. The lowest BCUT2D eigenvalue weighted by Gasteiger charge is -2.21. The number of amides is 2. The van der Waals surface area contributed by atoms with Crippen molar-refractivity contribution in [2.75, 3.05) is 38.0 Å². The van der Waals surface area contributed by atoms with Gasteiger partial charge in [0.1, 0.15) is 5.75 Å². The standard InChI is InChI=1S/C17H19Cl2N3O3/c1-2-16(24)21-6-10-8-22(9-11(10)7-21)17(25)5-20-14-3-12(18)13(19)4-15(14)23/h2-4,10-11,20,23H,1,5-9H2. The minimum Gasteiger partial charge on any atom is -0.506 e. The Labute approximate surface area is 156 Å². The Bertz CT molecular complexity index is 711. The van der Waals surface area contributed by atoms with Crippen LogP contribution < -0.4 is 5.32 Å². The summed E-state index contributed by atoms with van der Waals surface area (Å²) < 4.78 is 0. The number of fused-ring (bicyclic) bond motifs is 1. The number of halogens is 2. The van der Waals surface area contributed by atoms with Crippen molar-refractivity contribution < 1.29 is 14.7 Å². The molecule has 1 aromatic carbocycles. The minimum absolute atomic E-state index is 0.0518. The summed E-state index contributed by atoms with van der Waals surface area (Å²) in [7, 11) is 0. The highest BCUT2D eigenvalue weighted by Crippen LogP contribution is 2.34. The molecule has 1 aromatic rings. The Morgan fingerprint density at radius 3 is 2.32 bits per heavy atom. The van der Waals surface area contributed by atoms with Crippen LogP contribution in [0.3, 0.4) is 0 Å². The minimum atomic E-state index is -0.0564. The third-order valence-corrected chi connectivity index (χ3v) is 5.52. The summed E-state index contributed by atoms with van der Waals surface area (Å²) in [5, 5.41) is 13.3. The van der Waals surface area contributed by atoms with Crippen LogP contribution in [-0.2, 0) is 9.59 Å². The molecule has 2 saturated heterocycles. The molecule has 2 unspecified atom stereocenters. The van der Waals surface area contributed by atoms with E-state index in [2.05, 4.69) is 11.9 Å². The third kappa shape index (κ3) is 3.70. The van der Waals surface area contributed by atoms with Gasteiger partial charge in [0.05, 0.1) is 22.3 Å². The number of aromatic hydroxyl groups is 1. The second-order valence-corrected chi connectivity index (χ2v) is 7.22. The monoisotopic (exact) mass is 383 g/mol. The van der Waals surface area contributed by atoms with Crippen LogP contribution in [0.5, 0.6) is 5.75 Å². The van der Waals surface area contributed by atoms with E-state index in [0.717, 1.165) is 0 Å². The molecule has 0 saturated carbocycles. The van der Waals surface area contributed by atoms with E-state index in [1.807, 2.05) is 0 Å². The normalized spacial score (nSPS) is 22.0. The number of benzene rings is 1. The highest BCUT2D eigenvalue weighted by atomic mass is 35.5. The lowest BCUT2D eigenvalue weighted by atomic mass is 10.0. The van der Waals surface area contributed by atoms with Crippen molar-refractivity contribution in [3.63, 3.8) is 0 Å². The summed E-state index contributed by atoms with van der Waals surface area (Å²) in [6, 6.07) is 2.83. The molecule has 2 atom stereocenters. The van der Waals surface area contributed by atoms with Gasteiger partial charge in [0.2, 0.25) is 11.8 Å².